The number of imidazole rings is 1. The molecular formula is C16H26N4O2. The van der Waals surface area contributed by atoms with Gasteiger partial charge in [-0.1, -0.05) is 13.8 Å². The minimum Gasteiger partial charge on any atom is -0.440 e. The molecule has 6 heteroatoms. The third-order valence-electron chi connectivity index (χ3n) is 4.51. The van der Waals surface area contributed by atoms with Gasteiger partial charge in [0.15, 0.2) is 0 Å². The van der Waals surface area contributed by atoms with Crippen molar-refractivity contribution in [2.75, 3.05) is 26.7 Å². The van der Waals surface area contributed by atoms with Crippen molar-refractivity contribution in [2.45, 2.75) is 45.4 Å². The molecule has 0 N–H and O–H groups in total. The summed E-state index contributed by atoms with van der Waals surface area (Å²) in [6.45, 7) is 8.86. The summed E-state index contributed by atoms with van der Waals surface area (Å²) < 4.78 is 7.90. The van der Waals surface area contributed by atoms with Gasteiger partial charge < -0.3 is 14.2 Å². The molecule has 3 rings (SSSR count). The number of hydrogen-bond donors (Lipinski definition) is 0. The first-order chi connectivity index (χ1) is 10.5. The van der Waals surface area contributed by atoms with E-state index in [0.29, 0.717) is 12.5 Å². The third kappa shape index (κ3) is 3.11. The molecule has 0 saturated carbocycles. The lowest BCUT2D eigenvalue weighted by Gasteiger charge is -2.38. The van der Waals surface area contributed by atoms with Gasteiger partial charge in [0.2, 0.25) is 0 Å². The average molecular weight is 306 g/mol. The Morgan fingerprint density at radius 1 is 1.41 bits per heavy atom. The van der Waals surface area contributed by atoms with Crippen molar-refractivity contribution in [2.24, 2.45) is 5.92 Å². The van der Waals surface area contributed by atoms with Crippen LogP contribution in [0.4, 0.5) is 4.79 Å². The molecule has 122 valence electrons. The van der Waals surface area contributed by atoms with Crippen molar-refractivity contribution >= 4 is 6.09 Å². The minimum atomic E-state index is -0.313. The molecule has 1 amide bonds. The smallest absolute Gasteiger partial charge is 0.410 e. The Balaban J connectivity index is 1.66. The van der Waals surface area contributed by atoms with E-state index in [0.717, 1.165) is 39.0 Å². The lowest BCUT2D eigenvalue weighted by atomic mass is 9.92. The number of aromatic nitrogens is 2. The summed E-state index contributed by atoms with van der Waals surface area (Å²) in [6, 6.07) is 0. The van der Waals surface area contributed by atoms with Crippen LogP contribution in [0.1, 0.15) is 32.4 Å². The van der Waals surface area contributed by atoms with Gasteiger partial charge in [-0.3, -0.25) is 4.90 Å². The van der Waals surface area contributed by atoms with E-state index in [1.165, 1.54) is 5.69 Å². The predicted molar refractivity (Wildman–Crippen MR) is 83.4 cm³/mol. The fourth-order valence-electron chi connectivity index (χ4n) is 3.60. The summed E-state index contributed by atoms with van der Waals surface area (Å²) in [4.78, 5) is 20.1. The molecule has 0 radical (unpaired) electrons. The number of likely N-dealkylation sites (tertiary alicyclic amines) is 1. The van der Waals surface area contributed by atoms with Gasteiger partial charge in [-0.25, -0.2) is 9.78 Å². The number of amides is 1. The molecule has 2 aliphatic heterocycles. The van der Waals surface area contributed by atoms with Gasteiger partial charge in [-0.15, -0.1) is 0 Å². The number of carbonyl (C=O) groups excluding carboxylic acids is 1. The molecular weight excluding hydrogens is 280 g/mol. The van der Waals surface area contributed by atoms with Crippen LogP contribution in [0.5, 0.6) is 0 Å². The maximum absolute atomic E-state index is 11.7. The zero-order valence-electron chi connectivity index (χ0n) is 13.8. The van der Waals surface area contributed by atoms with Gasteiger partial charge in [0.05, 0.1) is 18.6 Å². The zero-order chi connectivity index (χ0) is 15.7. The Bertz CT molecular complexity index is 542. The Morgan fingerprint density at radius 2 is 2.23 bits per heavy atom. The molecule has 1 aromatic heterocycles. The lowest BCUT2D eigenvalue weighted by molar-refractivity contribution is -0.0120. The van der Waals surface area contributed by atoms with E-state index in [2.05, 4.69) is 28.3 Å². The highest BCUT2D eigenvalue weighted by Gasteiger charge is 2.46. The van der Waals surface area contributed by atoms with Crippen LogP contribution in [0.2, 0.25) is 0 Å². The normalized spacial score (nSPS) is 26.2. The average Bonchev–Trinajstić information content (AvgIpc) is 2.95. The lowest BCUT2D eigenvalue weighted by Crippen LogP contribution is -2.50. The number of carbonyl (C=O) groups is 1. The Kier molecular flexibility index (Phi) is 4.12. The van der Waals surface area contributed by atoms with Gasteiger partial charge in [-0.2, -0.15) is 0 Å². The van der Waals surface area contributed by atoms with E-state index in [4.69, 9.17) is 4.74 Å². The highest BCUT2D eigenvalue weighted by atomic mass is 16.6. The molecule has 0 aromatic carbocycles. The number of ether oxygens (including phenoxy) is 1. The second-order valence-corrected chi connectivity index (χ2v) is 7.15. The first-order valence-electron chi connectivity index (χ1n) is 8.13. The Hall–Kier alpha value is -1.56. The Labute approximate surface area is 132 Å². The van der Waals surface area contributed by atoms with E-state index < -0.39 is 0 Å². The monoisotopic (exact) mass is 306 g/mol. The molecule has 1 aromatic rings. The number of hydrogen-bond acceptors (Lipinski definition) is 4. The van der Waals surface area contributed by atoms with Crippen LogP contribution < -0.4 is 0 Å². The van der Waals surface area contributed by atoms with Crippen molar-refractivity contribution in [3.8, 4) is 0 Å². The Morgan fingerprint density at radius 3 is 2.91 bits per heavy atom. The van der Waals surface area contributed by atoms with Gasteiger partial charge in [-0.05, 0) is 25.3 Å². The standard InChI is InChI=1S/C16H26N4O2/c1-13(2)8-20-12-17-7-14(20)9-19-6-4-5-16(11-19)10-18(3)15(21)22-16/h7,12-13H,4-6,8-11H2,1-3H3/t16-/m1/s1. The summed E-state index contributed by atoms with van der Waals surface area (Å²) in [6.07, 6.45) is 5.71. The van der Waals surface area contributed by atoms with Crippen molar-refractivity contribution in [1.82, 2.24) is 19.4 Å². The van der Waals surface area contributed by atoms with Gasteiger partial charge >= 0.3 is 6.09 Å². The van der Waals surface area contributed by atoms with Gasteiger partial charge in [0, 0.05) is 32.9 Å². The molecule has 22 heavy (non-hydrogen) atoms. The fraction of sp³-hybridized carbons (Fsp3) is 0.750. The van der Waals surface area contributed by atoms with Gasteiger partial charge in [0.1, 0.15) is 5.60 Å². The second-order valence-electron chi connectivity index (χ2n) is 7.15. The van der Waals surface area contributed by atoms with Gasteiger partial charge in [0.25, 0.3) is 0 Å². The van der Waals surface area contributed by atoms with E-state index in [-0.39, 0.29) is 11.7 Å². The maximum atomic E-state index is 11.7. The number of likely N-dealkylation sites (N-methyl/N-ethyl adjacent to an activating group) is 1. The van der Waals surface area contributed by atoms with Crippen LogP contribution in [-0.4, -0.2) is 57.7 Å². The maximum Gasteiger partial charge on any atom is 0.410 e. The van der Waals surface area contributed by atoms with Crippen molar-refractivity contribution in [3.63, 3.8) is 0 Å². The molecule has 2 fully saturated rings. The molecule has 0 unspecified atom stereocenters. The van der Waals surface area contributed by atoms with E-state index in [9.17, 15) is 4.79 Å². The molecule has 6 nitrogen and oxygen atoms in total. The molecule has 3 heterocycles. The highest BCUT2D eigenvalue weighted by Crippen LogP contribution is 2.31. The third-order valence-corrected chi connectivity index (χ3v) is 4.51. The fourth-order valence-corrected chi connectivity index (χ4v) is 3.60. The molecule has 2 aliphatic rings. The minimum absolute atomic E-state index is 0.188. The van der Waals surface area contributed by atoms with Crippen molar-refractivity contribution in [1.29, 1.82) is 0 Å². The topological polar surface area (TPSA) is 50.6 Å². The van der Waals surface area contributed by atoms with Crippen molar-refractivity contribution in [3.05, 3.63) is 18.2 Å². The van der Waals surface area contributed by atoms with Crippen LogP contribution in [0.3, 0.4) is 0 Å². The van der Waals surface area contributed by atoms with Crippen LogP contribution in [-0.2, 0) is 17.8 Å². The number of piperidine rings is 1. The molecule has 1 atom stereocenters. The quantitative estimate of drug-likeness (QED) is 0.853. The molecule has 2 saturated heterocycles. The van der Waals surface area contributed by atoms with Crippen LogP contribution in [0, 0.1) is 5.92 Å². The van der Waals surface area contributed by atoms with E-state index in [1.54, 1.807) is 4.90 Å². The van der Waals surface area contributed by atoms with Crippen LogP contribution in [0.15, 0.2) is 12.5 Å². The van der Waals surface area contributed by atoms with E-state index >= 15 is 0 Å². The summed E-state index contributed by atoms with van der Waals surface area (Å²) in [7, 11) is 1.81. The number of rotatable bonds is 4. The molecule has 0 bridgehead atoms. The van der Waals surface area contributed by atoms with Crippen molar-refractivity contribution < 1.29 is 9.53 Å². The largest absolute Gasteiger partial charge is 0.440 e. The predicted octanol–water partition coefficient (Wildman–Crippen LogP) is 1.96. The molecule has 1 spiro atoms. The van der Waals surface area contributed by atoms with Crippen LogP contribution >= 0.6 is 0 Å². The van der Waals surface area contributed by atoms with E-state index in [1.807, 2.05) is 19.6 Å². The number of nitrogens with zero attached hydrogens (tertiary/aromatic N) is 4. The zero-order valence-corrected chi connectivity index (χ0v) is 13.8. The second kappa shape index (κ2) is 5.91. The summed E-state index contributed by atoms with van der Waals surface area (Å²) in [5.41, 5.74) is 0.927. The summed E-state index contributed by atoms with van der Waals surface area (Å²) in [5.74, 6) is 0.602. The first kappa shape index (κ1) is 15.3. The molecule has 0 aliphatic carbocycles. The SMILES string of the molecule is CC(C)Cn1cncc1CN1CCC[C@]2(C1)CN(C)C(=O)O2. The highest BCUT2D eigenvalue weighted by molar-refractivity contribution is 5.70. The first-order valence-corrected chi connectivity index (χ1v) is 8.13. The van der Waals surface area contributed by atoms with Crippen LogP contribution in [0.25, 0.3) is 0 Å². The summed E-state index contributed by atoms with van der Waals surface area (Å²) in [5, 5.41) is 0. The summed E-state index contributed by atoms with van der Waals surface area (Å²) >= 11 is 0.